The van der Waals surface area contributed by atoms with Gasteiger partial charge in [0.25, 0.3) is 5.91 Å². The number of aryl methyl sites for hydroxylation is 1. The minimum absolute atomic E-state index is 0.280. The van der Waals surface area contributed by atoms with Crippen LogP contribution in [0, 0.1) is 6.92 Å². The fourth-order valence-electron chi connectivity index (χ4n) is 2.85. The molecule has 0 unspecified atom stereocenters. The average Bonchev–Trinajstić information content (AvgIpc) is 3.19. The van der Waals surface area contributed by atoms with Gasteiger partial charge in [-0.3, -0.25) is 4.79 Å². The van der Waals surface area contributed by atoms with Gasteiger partial charge in [-0.25, -0.2) is 0 Å². The molecule has 3 rings (SSSR count). The van der Waals surface area contributed by atoms with Crippen LogP contribution >= 0.6 is 0 Å². The first-order chi connectivity index (χ1) is 14.6. The molecule has 1 aromatic heterocycles. The van der Waals surface area contributed by atoms with Crippen molar-refractivity contribution in [2.24, 2.45) is 0 Å². The van der Waals surface area contributed by atoms with Gasteiger partial charge < -0.3 is 19.5 Å². The molecule has 158 valence electrons. The summed E-state index contributed by atoms with van der Waals surface area (Å²) >= 11 is 0. The van der Waals surface area contributed by atoms with Gasteiger partial charge in [-0.1, -0.05) is 13.3 Å². The van der Waals surface area contributed by atoms with Crippen LogP contribution in [0.4, 0.5) is 5.69 Å². The van der Waals surface area contributed by atoms with E-state index in [0.717, 1.165) is 12.8 Å². The second-order valence-electron chi connectivity index (χ2n) is 6.55. The number of ether oxygens (including phenoxy) is 3. The van der Waals surface area contributed by atoms with Crippen LogP contribution in [0.15, 0.2) is 36.4 Å². The summed E-state index contributed by atoms with van der Waals surface area (Å²) in [5.41, 5.74) is 1.65. The lowest BCUT2D eigenvalue weighted by Crippen LogP contribution is -2.13. The fourth-order valence-corrected chi connectivity index (χ4v) is 2.85. The van der Waals surface area contributed by atoms with Gasteiger partial charge in [-0.2, -0.15) is 4.68 Å². The van der Waals surface area contributed by atoms with Crippen LogP contribution in [-0.4, -0.2) is 46.9 Å². The van der Waals surface area contributed by atoms with Gasteiger partial charge in [0.1, 0.15) is 11.4 Å². The monoisotopic (exact) mass is 411 g/mol. The fraction of sp³-hybridized carbons (Fsp3) is 0.333. The number of rotatable bonds is 9. The molecule has 2 aromatic carbocycles. The van der Waals surface area contributed by atoms with Crippen LogP contribution in [0.1, 0.15) is 35.9 Å². The van der Waals surface area contributed by atoms with Crippen LogP contribution in [0.2, 0.25) is 0 Å². The second-order valence-corrected chi connectivity index (χ2v) is 6.55. The maximum atomic E-state index is 12.8. The lowest BCUT2D eigenvalue weighted by atomic mass is 10.1. The third kappa shape index (κ3) is 4.68. The minimum Gasteiger partial charge on any atom is -0.494 e. The highest BCUT2D eigenvalue weighted by atomic mass is 16.5. The number of carbonyl (C=O) groups excluding carboxylic acids is 1. The first-order valence-electron chi connectivity index (χ1n) is 9.63. The molecular weight excluding hydrogens is 386 g/mol. The summed E-state index contributed by atoms with van der Waals surface area (Å²) in [6, 6.07) is 10.4. The molecular formula is C21H25N5O4. The normalized spacial score (nSPS) is 10.5. The number of hydrogen-bond donors (Lipinski definition) is 1. The van der Waals surface area contributed by atoms with E-state index >= 15 is 0 Å². The molecule has 0 aliphatic rings. The van der Waals surface area contributed by atoms with Gasteiger partial charge in [0.05, 0.1) is 20.8 Å². The Morgan fingerprint density at radius 1 is 1.07 bits per heavy atom. The number of unbranched alkanes of at least 4 members (excludes halogenated alkanes) is 1. The molecule has 30 heavy (non-hydrogen) atoms. The predicted octanol–water partition coefficient (Wildman–Crippen LogP) is 3.42. The summed E-state index contributed by atoms with van der Waals surface area (Å²) in [6.07, 6.45) is 1.99. The number of carbonyl (C=O) groups is 1. The summed E-state index contributed by atoms with van der Waals surface area (Å²) in [4.78, 5) is 12.8. The Morgan fingerprint density at radius 2 is 1.83 bits per heavy atom. The van der Waals surface area contributed by atoms with E-state index in [9.17, 15) is 4.79 Å². The van der Waals surface area contributed by atoms with Crippen LogP contribution in [0.5, 0.6) is 17.2 Å². The van der Waals surface area contributed by atoms with Crippen molar-refractivity contribution >= 4 is 11.6 Å². The van der Waals surface area contributed by atoms with Crippen molar-refractivity contribution in [1.29, 1.82) is 0 Å². The van der Waals surface area contributed by atoms with Crippen LogP contribution in [0.3, 0.4) is 0 Å². The Hall–Kier alpha value is -3.62. The third-order valence-electron chi connectivity index (χ3n) is 4.47. The summed E-state index contributed by atoms with van der Waals surface area (Å²) in [6.45, 7) is 4.48. The molecule has 3 aromatic rings. The molecule has 0 bridgehead atoms. The number of methoxy groups -OCH3 is 2. The molecule has 9 heteroatoms. The molecule has 0 radical (unpaired) electrons. The predicted molar refractivity (Wildman–Crippen MR) is 112 cm³/mol. The number of amides is 1. The lowest BCUT2D eigenvalue weighted by Gasteiger charge is -2.13. The topological polar surface area (TPSA) is 100 Å². The molecule has 0 saturated carbocycles. The van der Waals surface area contributed by atoms with Crippen LogP contribution < -0.4 is 19.5 Å². The van der Waals surface area contributed by atoms with Gasteiger partial charge in [-0.15, -0.1) is 5.10 Å². The van der Waals surface area contributed by atoms with Crippen molar-refractivity contribution in [2.75, 3.05) is 26.1 Å². The van der Waals surface area contributed by atoms with E-state index in [1.165, 1.54) is 0 Å². The molecule has 0 aliphatic heterocycles. The Kier molecular flexibility index (Phi) is 6.84. The number of aromatic nitrogens is 4. The van der Waals surface area contributed by atoms with Crippen LogP contribution in [-0.2, 0) is 0 Å². The number of nitrogens with one attached hydrogen (secondary N) is 1. The molecule has 9 nitrogen and oxygen atoms in total. The van der Waals surface area contributed by atoms with Gasteiger partial charge in [0.15, 0.2) is 17.3 Å². The van der Waals surface area contributed by atoms with E-state index in [4.69, 9.17) is 14.2 Å². The molecule has 1 heterocycles. The van der Waals surface area contributed by atoms with Crippen molar-refractivity contribution in [2.45, 2.75) is 26.7 Å². The summed E-state index contributed by atoms with van der Waals surface area (Å²) in [5.74, 6) is 2.03. The maximum Gasteiger partial charge on any atom is 0.255 e. The van der Waals surface area contributed by atoms with Crippen molar-refractivity contribution in [3.8, 4) is 22.9 Å². The Labute approximate surface area is 175 Å². The Morgan fingerprint density at radius 3 is 2.50 bits per heavy atom. The standard InChI is InChI=1S/C21H25N5O4/c1-5-6-11-30-19-9-7-15(12-20(19)29-4)21(27)22-16-8-10-18(28-3)17(13-16)26-14(2)23-24-25-26/h7-10,12-13H,5-6,11H2,1-4H3,(H,22,27). The first kappa shape index (κ1) is 21.1. The molecule has 1 N–H and O–H groups in total. The zero-order chi connectivity index (χ0) is 21.5. The zero-order valence-corrected chi connectivity index (χ0v) is 17.5. The Balaban J connectivity index is 1.81. The zero-order valence-electron chi connectivity index (χ0n) is 17.5. The number of tetrazole rings is 1. The second kappa shape index (κ2) is 9.73. The van der Waals surface area contributed by atoms with Gasteiger partial charge in [0, 0.05) is 11.3 Å². The number of anilines is 1. The smallest absolute Gasteiger partial charge is 0.255 e. The summed E-state index contributed by atoms with van der Waals surface area (Å²) in [5, 5.41) is 14.4. The quantitative estimate of drug-likeness (QED) is 0.539. The SMILES string of the molecule is CCCCOc1ccc(C(=O)Nc2ccc(OC)c(-n3nnnc3C)c2)cc1OC. The average molecular weight is 411 g/mol. The van der Waals surface area contributed by atoms with Crippen molar-refractivity contribution in [3.63, 3.8) is 0 Å². The first-order valence-corrected chi connectivity index (χ1v) is 9.63. The van der Waals surface area contributed by atoms with Crippen molar-refractivity contribution in [3.05, 3.63) is 47.8 Å². The molecule has 1 amide bonds. The molecule has 0 fully saturated rings. The van der Waals surface area contributed by atoms with E-state index in [1.54, 1.807) is 62.2 Å². The summed E-state index contributed by atoms with van der Waals surface area (Å²) < 4.78 is 18.0. The third-order valence-corrected chi connectivity index (χ3v) is 4.47. The number of benzene rings is 2. The number of nitrogens with zero attached hydrogens (tertiary/aromatic N) is 4. The van der Waals surface area contributed by atoms with Crippen molar-refractivity contribution < 1.29 is 19.0 Å². The van der Waals surface area contributed by atoms with E-state index in [2.05, 4.69) is 27.8 Å². The maximum absolute atomic E-state index is 12.8. The van der Waals surface area contributed by atoms with E-state index in [-0.39, 0.29) is 5.91 Å². The highest BCUT2D eigenvalue weighted by Gasteiger charge is 2.15. The molecule has 0 saturated heterocycles. The molecule has 0 aliphatic carbocycles. The van der Waals surface area contributed by atoms with Crippen molar-refractivity contribution in [1.82, 2.24) is 20.2 Å². The lowest BCUT2D eigenvalue weighted by molar-refractivity contribution is 0.102. The molecule has 0 atom stereocenters. The number of hydrogen-bond acceptors (Lipinski definition) is 7. The molecule has 0 spiro atoms. The highest BCUT2D eigenvalue weighted by molar-refractivity contribution is 6.04. The van der Waals surface area contributed by atoms with E-state index in [0.29, 0.717) is 46.6 Å². The van der Waals surface area contributed by atoms with Crippen LogP contribution in [0.25, 0.3) is 5.69 Å². The largest absolute Gasteiger partial charge is 0.494 e. The van der Waals surface area contributed by atoms with Gasteiger partial charge in [0.2, 0.25) is 0 Å². The van der Waals surface area contributed by atoms with Gasteiger partial charge >= 0.3 is 0 Å². The van der Waals surface area contributed by atoms with E-state index in [1.807, 2.05) is 0 Å². The Bertz CT molecular complexity index is 1020. The van der Waals surface area contributed by atoms with Gasteiger partial charge in [-0.05, 0) is 60.2 Å². The summed E-state index contributed by atoms with van der Waals surface area (Å²) in [7, 11) is 3.11. The minimum atomic E-state index is -0.280. The van der Waals surface area contributed by atoms with E-state index < -0.39 is 0 Å². The highest BCUT2D eigenvalue weighted by Crippen LogP contribution is 2.30.